The molecule has 1 aliphatic heterocycles. The summed E-state index contributed by atoms with van der Waals surface area (Å²) >= 11 is 1.73. The molecule has 0 aromatic carbocycles. The summed E-state index contributed by atoms with van der Waals surface area (Å²) in [4.78, 5) is 10.8. The number of piperazine rings is 1. The van der Waals surface area contributed by atoms with E-state index in [0.29, 0.717) is 6.04 Å². The van der Waals surface area contributed by atoms with Gasteiger partial charge in [0.1, 0.15) is 0 Å². The Hall–Kier alpha value is -0.910. The van der Waals surface area contributed by atoms with Gasteiger partial charge in [-0.3, -0.25) is 4.90 Å². The fourth-order valence-electron chi connectivity index (χ4n) is 2.41. The lowest BCUT2D eigenvalue weighted by Crippen LogP contribution is -2.51. The van der Waals surface area contributed by atoms with Gasteiger partial charge < -0.3 is 10.2 Å². The van der Waals surface area contributed by atoms with Crippen LogP contribution in [0.1, 0.15) is 25.6 Å². The Morgan fingerprint density at radius 3 is 3.00 bits per heavy atom. The van der Waals surface area contributed by atoms with E-state index in [4.69, 9.17) is 0 Å². The minimum Gasteiger partial charge on any atom is -0.336 e. The van der Waals surface area contributed by atoms with Crippen LogP contribution in [0, 0.1) is 0 Å². The predicted molar refractivity (Wildman–Crippen MR) is 82.5 cm³/mol. The predicted octanol–water partition coefficient (Wildman–Crippen LogP) is 2.61. The van der Waals surface area contributed by atoms with Gasteiger partial charge in [-0.15, -0.1) is 11.3 Å². The molecule has 0 amide bonds. The van der Waals surface area contributed by atoms with E-state index in [1.807, 2.05) is 13.1 Å². The summed E-state index contributed by atoms with van der Waals surface area (Å²) in [7, 11) is 0. The first-order chi connectivity index (χ1) is 9.08. The van der Waals surface area contributed by atoms with Crippen molar-refractivity contribution in [3.63, 3.8) is 0 Å². The average Bonchev–Trinajstić information content (AvgIpc) is 2.78. The molecule has 1 fully saturated rings. The molecule has 0 radical (unpaired) electrons. The zero-order valence-corrected chi connectivity index (χ0v) is 13.0. The van der Waals surface area contributed by atoms with Gasteiger partial charge in [-0.05, 0) is 20.4 Å². The molecular weight excluding hydrogens is 256 g/mol. The molecule has 1 aliphatic rings. The van der Waals surface area contributed by atoms with Gasteiger partial charge in [0.15, 0.2) is 5.13 Å². The number of hydrogen-bond acceptors (Lipinski definition) is 5. The largest absolute Gasteiger partial charge is 0.336 e. The van der Waals surface area contributed by atoms with E-state index in [1.165, 1.54) is 18.0 Å². The Bertz CT molecular complexity index is 429. The van der Waals surface area contributed by atoms with E-state index in [9.17, 15) is 0 Å². The molecule has 5 heteroatoms. The number of aromatic nitrogens is 1. The van der Waals surface area contributed by atoms with Crippen molar-refractivity contribution in [3.05, 3.63) is 23.3 Å². The summed E-state index contributed by atoms with van der Waals surface area (Å²) in [5.41, 5.74) is 0.936. The Kier molecular flexibility index (Phi) is 4.96. The van der Waals surface area contributed by atoms with E-state index in [1.54, 1.807) is 11.3 Å². The molecule has 1 saturated heterocycles. The van der Waals surface area contributed by atoms with Gasteiger partial charge in [0, 0.05) is 49.0 Å². The lowest BCUT2D eigenvalue weighted by atomic mass is 10.2. The highest BCUT2D eigenvalue weighted by Crippen LogP contribution is 2.22. The van der Waals surface area contributed by atoms with Crippen molar-refractivity contribution in [1.82, 2.24) is 14.8 Å². The molecule has 2 rings (SSSR count). The summed E-state index contributed by atoms with van der Waals surface area (Å²) in [6.07, 6.45) is 1.98. The maximum atomic E-state index is 4.39. The van der Waals surface area contributed by atoms with Gasteiger partial charge in [0.2, 0.25) is 0 Å². The summed E-state index contributed by atoms with van der Waals surface area (Å²) in [5.74, 6) is 0. The van der Waals surface area contributed by atoms with Crippen LogP contribution in [0.5, 0.6) is 0 Å². The second-order valence-corrected chi connectivity index (χ2v) is 6.36. The fraction of sp³-hybridized carbons (Fsp3) is 0.643. The van der Waals surface area contributed by atoms with Crippen molar-refractivity contribution in [2.24, 2.45) is 0 Å². The molecule has 0 bridgehead atoms. The topological polar surface area (TPSA) is 31.4 Å². The van der Waals surface area contributed by atoms with E-state index in [-0.39, 0.29) is 0 Å². The number of anilines is 1. The Balaban J connectivity index is 1.90. The number of nitrogens with zero attached hydrogens (tertiary/aromatic N) is 3. The molecule has 1 unspecified atom stereocenters. The molecule has 0 aliphatic carbocycles. The second kappa shape index (κ2) is 6.50. The molecule has 0 saturated carbocycles. The molecule has 19 heavy (non-hydrogen) atoms. The highest BCUT2D eigenvalue weighted by atomic mass is 32.1. The van der Waals surface area contributed by atoms with Gasteiger partial charge in [-0.25, -0.2) is 4.98 Å². The minimum absolute atomic E-state index is 0.619. The van der Waals surface area contributed by atoms with Gasteiger partial charge in [-0.2, -0.15) is 0 Å². The van der Waals surface area contributed by atoms with Gasteiger partial charge >= 0.3 is 0 Å². The SMILES string of the molecule is C=C(C)Nc1ncc(CN2CCN(CC)CC2C)s1. The molecule has 1 aromatic heterocycles. The zero-order valence-electron chi connectivity index (χ0n) is 12.1. The normalized spacial score (nSPS) is 21.5. The van der Waals surface area contributed by atoms with Gasteiger partial charge in [0.05, 0.1) is 0 Å². The van der Waals surface area contributed by atoms with Crippen molar-refractivity contribution in [2.75, 3.05) is 31.5 Å². The number of likely N-dealkylation sites (N-methyl/N-ethyl adjacent to an activating group) is 1. The minimum atomic E-state index is 0.619. The Morgan fingerprint density at radius 1 is 1.58 bits per heavy atom. The van der Waals surface area contributed by atoms with Crippen molar-refractivity contribution >= 4 is 16.5 Å². The number of hydrogen-bond donors (Lipinski definition) is 1. The van der Waals surface area contributed by atoms with Crippen molar-refractivity contribution < 1.29 is 0 Å². The monoisotopic (exact) mass is 280 g/mol. The molecular formula is C14H24N4S. The number of thiazole rings is 1. The lowest BCUT2D eigenvalue weighted by molar-refractivity contribution is 0.0820. The van der Waals surface area contributed by atoms with Gasteiger partial charge in [-0.1, -0.05) is 13.5 Å². The summed E-state index contributed by atoms with van der Waals surface area (Å²) in [6, 6.07) is 0.619. The highest BCUT2D eigenvalue weighted by Gasteiger charge is 2.23. The summed E-state index contributed by atoms with van der Waals surface area (Å²) in [5, 5.41) is 4.12. The van der Waals surface area contributed by atoms with Crippen molar-refractivity contribution in [3.8, 4) is 0 Å². The van der Waals surface area contributed by atoms with E-state index >= 15 is 0 Å². The van der Waals surface area contributed by atoms with Crippen LogP contribution in [0.25, 0.3) is 0 Å². The van der Waals surface area contributed by atoms with Crippen LogP contribution < -0.4 is 5.32 Å². The molecule has 4 nitrogen and oxygen atoms in total. The standard InChI is InChI=1S/C14H24N4S/c1-5-17-6-7-18(12(4)9-17)10-13-8-15-14(19-13)16-11(2)3/h8,12H,2,5-7,9-10H2,1,3-4H3,(H,15,16). The number of rotatable bonds is 5. The van der Waals surface area contributed by atoms with E-state index in [2.05, 4.69) is 40.5 Å². The second-order valence-electron chi connectivity index (χ2n) is 5.25. The maximum absolute atomic E-state index is 4.39. The molecule has 1 aromatic rings. The molecule has 1 N–H and O–H groups in total. The van der Waals surface area contributed by atoms with Crippen molar-refractivity contribution in [1.29, 1.82) is 0 Å². The smallest absolute Gasteiger partial charge is 0.187 e. The molecule has 0 spiro atoms. The molecule has 1 atom stereocenters. The Labute approximate surface area is 120 Å². The summed E-state index contributed by atoms with van der Waals surface area (Å²) in [6.45, 7) is 16.0. The third kappa shape index (κ3) is 4.03. The van der Waals surface area contributed by atoms with Crippen LogP contribution in [0.15, 0.2) is 18.5 Å². The van der Waals surface area contributed by atoms with E-state index in [0.717, 1.165) is 30.5 Å². The third-order valence-electron chi connectivity index (χ3n) is 3.53. The zero-order chi connectivity index (χ0) is 13.8. The summed E-state index contributed by atoms with van der Waals surface area (Å²) < 4.78 is 0. The first-order valence-corrected chi connectivity index (χ1v) is 7.73. The van der Waals surface area contributed by atoms with Crippen LogP contribution in [-0.4, -0.2) is 47.0 Å². The highest BCUT2D eigenvalue weighted by molar-refractivity contribution is 7.15. The van der Waals surface area contributed by atoms with Crippen LogP contribution >= 0.6 is 11.3 Å². The first-order valence-electron chi connectivity index (χ1n) is 6.92. The van der Waals surface area contributed by atoms with Crippen LogP contribution in [0.2, 0.25) is 0 Å². The number of allylic oxidation sites excluding steroid dienone is 1. The molecule has 2 heterocycles. The number of nitrogens with one attached hydrogen (secondary N) is 1. The lowest BCUT2D eigenvalue weighted by Gasteiger charge is -2.39. The molecule has 106 valence electrons. The maximum Gasteiger partial charge on any atom is 0.187 e. The third-order valence-corrected chi connectivity index (χ3v) is 4.43. The van der Waals surface area contributed by atoms with Crippen LogP contribution in [-0.2, 0) is 6.54 Å². The average molecular weight is 280 g/mol. The van der Waals surface area contributed by atoms with Crippen LogP contribution in [0.3, 0.4) is 0 Å². The Morgan fingerprint density at radius 2 is 2.37 bits per heavy atom. The van der Waals surface area contributed by atoms with Crippen LogP contribution in [0.4, 0.5) is 5.13 Å². The van der Waals surface area contributed by atoms with E-state index < -0.39 is 0 Å². The van der Waals surface area contributed by atoms with Crippen molar-refractivity contribution in [2.45, 2.75) is 33.4 Å². The quantitative estimate of drug-likeness (QED) is 0.898. The first kappa shape index (κ1) is 14.5. The van der Waals surface area contributed by atoms with Gasteiger partial charge in [0.25, 0.3) is 0 Å². The fourth-order valence-corrected chi connectivity index (χ4v) is 3.33.